The van der Waals surface area contributed by atoms with E-state index in [2.05, 4.69) is 22.1 Å². The Bertz CT molecular complexity index is 537. The maximum atomic E-state index is 11.7. The molecule has 0 saturated carbocycles. The number of hydrogen-bond donors (Lipinski definition) is 1. The van der Waals surface area contributed by atoms with Gasteiger partial charge in [-0.15, -0.1) is 6.58 Å². The second-order valence-corrected chi connectivity index (χ2v) is 3.33. The van der Waals surface area contributed by atoms with Crippen molar-refractivity contribution in [1.29, 1.82) is 0 Å². The van der Waals surface area contributed by atoms with Crippen LogP contribution in [0.2, 0.25) is 0 Å². The fraction of sp³-hybridized carbons (Fsp3) is 0.0833. The number of aromatic nitrogens is 2. The Balaban J connectivity index is 2.32. The summed E-state index contributed by atoms with van der Waals surface area (Å²) in [6.45, 7) is 4.01. The van der Waals surface area contributed by atoms with Crippen LogP contribution in [-0.4, -0.2) is 22.6 Å². The molecule has 1 amide bonds. The summed E-state index contributed by atoms with van der Waals surface area (Å²) >= 11 is 0. The molecule has 0 aliphatic heterocycles. The van der Waals surface area contributed by atoms with Gasteiger partial charge in [0.15, 0.2) is 0 Å². The van der Waals surface area contributed by atoms with E-state index in [-0.39, 0.29) is 5.91 Å². The van der Waals surface area contributed by atoms with Crippen LogP contribution < -0.4 is 5.32 Å². The molecule has 0 atom stereocenters. The fourth-order valence-corrected chi connectivity index (χ4v) is 1.40. The first-order valence-electron chi connectivity index (χ1n) is 4.91. The van der Waals surface area contributed by atoms with E-state index in [9.17, 15) is 4.79 Å². The summed E-state index contributed by atoms with van der Waals surface area (Å²) in [5.41, 5.74) is 0.613. The first-order chi connectivity index (χ1) is 7.81. The van der Waals surface area contributed by atoms with Gasteiger partial charge in [-0.3, -0.25) is 4.79 Å². The van der Waals surface area contributed by atoms with Crippen molar-refractivity contribution in [2.45, 2.75) is 0 Å². The number of rotatable bonds is 3. The van der Waals surface area contributed by atoms with Gasteiger partial charge in [-0.25, -0.2) is 0 Å². The standard InChI is InChI=1S/C12H11N3O/c1-2-5-13-12(16)9-3-4-10-7-14-15-8-11(10)6-9/h2-4,6-8H,1,5H2,(H,13,16). The van der Waals surface area contributed by atoms with Crippen molar-refractivity contribution < 1.29 is 4.79 Å². The largest absolute Gasteiger partial charge is 0.349 e. The van der Waals surface area contributed by atoms with Crippen LogP contribution in [0.1, 0.15) is 10.4 Å². The average Bonchev–Trinajstić information content (AvgIpc) is 2.35. The smallest absolute Gasteiger partial charge is 0.251 e. The van der Waals surface area contributed by atoms with Crippen LogP contribution in [-0.2, 0) is 0 Å². The molecule has 0 spiro atoms. The van der Waals surface area contributed by atoms with Gasteiger partial charge in [0.05, 0.1) is 12.4 Å². The second kappa shape index (κ2) is 4.53. The summed E-state index contributed by atoms with van der Waals surface area (Å²) in [7, 11) is 0. The van der Waals surface area contributed by atoms with E-state index in [1.807, 2.05) is 6.07 Å². The van der Waals surface area contributed by atoms with Crippen LogP contribution in [0.3, 0.4) is 0 Å². The highest BCUT2D eigenvalue weighted by Gasteiger charge is 2.04. The summed E-state index contributed by atoms with van der Waals surface area (Å²) in [4.78, 5) is 11.7. The Hall–Kier alpha value is -2.23. The maximum Gasteiger partial charge on any atom is 0.251 e. The molecule has 2 rings (SSSR count). The predicted octanol–water partition coefficient (Wildman–Crippen LogP) is 1.55. The monoisotopic (exact) mass is 213 g/mol. The van der Waals surface area contributed by atoms with E-state index in [1.165, 1.54) is 0 Å². The lowest BCUT2D eigenvalue weighted by Gasteiger charge is -2.03. The third-order valence-electron chi connectivity index (χ3n) is 2.22. The average molecular weight is 213 g/mol. The van der Waals surface area contributed by atoms with E-state index < -0.39 is 0 Å². The zero-order chi connectivity index (χ0) is 11.4. The van der Waals surface area contributed by atoms with Gasteiger partial charge in [0.25, 0.3) is 5.91 Å². The summed E-state index contributed by atoms with van der Waals surface area (Å²) in [6, 6.07) is 5.41. The normalized spacial score (nSPS) is 10.0. The lowest BCUT2D eigenvalue weighted by molar-refractivity contribution is 0.0958. The van der Waals surface area contributed by atoms with Crippen molar-refractivity contribution in [3.63, 3.8) is 0 Å². The molecule has 1 aromatic carbocycles. The molecule has 0 bridgehead atoms. The van der Waals surface area contributed by atoms with Crippen LogP contribution in [0.15, 0.2) is 43.2 Å². The van der Waals surface area contributed by atoms with Gasteiger partial charge < -0.3 is 5.32 Å². The summed E-state index contributed by atoms with van der Waals surface area (Å²) in [5, 5.41) is 12.1. The molecule has 1 aromatic heterocycles. The quantitative estimate of drug-likeness (QED) is 0.787. The Labute approximate surface area is 93.0 Å². The molecule has 0 aliphatic rings. The van der Waals surface area contributed by atoms with Crippen molar-refractivity contribution in [2.24, 2.45) is 0 Å². The van der Waals surface area contributed by atoms with Crippen molar-refractivity contribution in [3.05, 3.63) is 48.8 Å². The summed E-state index contributed by atoms with van der Waals surface area (Å²) in [6.07, 6.45) is 4.95. The molecule has 0 saturated heterocycles. The van der Waals surface area contributed by atoms with Gasteiger partial charge in [-0.05, 0) is 12.1 Å². The predicted molar refractivity (Wildman–Crippen MR) is 62.1 cm³/mol. The number of nitrogens with one attached hydrogen (secondary N) is 1. The molecule has 4 nitrogen and oxygen atoms in total. The van der Waals surface area contributed by atoms with Gasteiger partial charge >= 0.3 is 0 Å². The molecule has 0 fully saturated rings. The van der Waals surface area contributed by atoms with Crippen molar-refractivity contribution >= 4 is 16.7 Å². The Morgan fingerprint density at radius 2 is 2.06 bits per heavy atom. The van der Waals surface area contributed by atoms with Crippen molar-refractivity contribution in [1.82, 2.24) is 15.5 Å². The highest BCUT2D eigenvalue weighted by atomic mass is 16.1. The minimum atomic E-state index is -0.112. The molecule has 0 aliphatic carbocycles. The minimum Gasteiger partial charge on any atom is -0.349 e. The zero-order valence-electron chi connectivity index (χ0n) is 8.68. The van der Waals surface area contributed by atoms with Gasteiger partial charge in [0.2, 0.25) is 0 Å². The molecule has 0 unspecified atom stereocenters. The first kappa shape index (κ1) is 10.3. The number of carbonyl (C=O) groups excluding carboxylic acids is 1. The molecule has 4 heteroatoms. The number of benzene rings is 1. The lowest BCUT2D eigenvalue weighted by atomic mass is 10.1. The van der Waals surface area contributed by atoms with Crippen LogP contribution >= 0.6 is 0 Å². The maximum absolute atomic E-state index is 11.7. The molecule has 1 heterocycles. The van der Waals surface area contributed by atoms with E-state index in [0.717, 1.165) is 10.8 Å². The van der Waals surface area contributed by atoms with E-state index >= 15 is 0 Å². The van der Waals surface area contributed by atoms with Crippen LogP contribution in [0, 0.1) is 0 Å². The highest BCUT2D eigenvalue weighted by molar-refractivity contribution is 5.98. The van der Waals surface area contributed by atoms with Crippen LogP contribution in [0.5, 0.6) is 0 Å². The molecular weight excluding hydrogens is 202 g/mol. The van der Waals surface area contributed by atoms with Crippen LogP contribution in [0.4, 0.5) is 0 Å². The van der Waals surface area contributed by atoms with Crippen LogP contribution in [0.25, 0.3) is 10.8 Å². The van der Waals surface area contributed by atoms with Crippen molar-refractivity contribution in [2.75, 3.05) is 6.54 Å². The molecular formula is C12H11N3O. The van der Waals surface area contributed by atoms with Gasteiger partial charge in [-0.1, -0.05) is 12.1 Å². The zero-order valence-corrected chi connectivity index (χ0v) is 8.68. The second-order valence-electron chi connectivity index (χ2n) is 3.33. The number of amides is 1. The molecule has 2 aromatic rings. The number of hydrogen-bond acceptors (Lipinski definition) is 3. The third-order valence-corrected chi connectivity index (χ3v) is 2.22. The molecule has 16 heavy (non-hydrogen) atoms. The van der Waals surface area contributed by atoms with E-state index in [0.29, 0.717) is 12.1 Å². The van der Waals surface area contributed by atoms with E-state index in [4.69, 9.17) is 0 Å². The molecule has 80 valence electrons. The molecule has 1 N–H and O–H groups in total. The number of nitrogens with zero attached hydrogens (tertiary/aromatic N) is 2. The SMILES string of the molecule is C=CCNC(=O)c1ccc2cnncc2c1. The van der Waals surface area contributed by atoms with E-state index in [1.54, 1.807) is 30.6 Å². The van der Waals surface area contributed by atoms with Gasteiger partial charge in [0.1, 0.15) is 0 Å². The third kappa shape index (κ3) is 2.06. The lowest BCUT2D eigenvalue weighted by Crippen LogP contribution is -2.23. The highest BCUT2D eigenvalue weighted by Crippen LogP contribution is 2.13. The Morgan fingerprint density at radius 3 is 2.81 bits per heavy atom. The van der Waals surface area contributed by atoms with Gasteiger partial charge in [-0.2, -0.15) is 10.2 Å². The summed E-state index contributed by atoms with van der Waals surface area (Å²) < 4.78 is 0. The van der Waals surface area contributed by atoms with Crippen molar-refractivity contribution in [3.8, 4) is 0 Å². The Morgan fingerprint density at radius 1 is 1.31 bits per heavy atom. The topological polar surface area (TPSA) is 54.9 Å². The molecule has 0 radical (unpaired) electrons. The Kier molecular flexibility index (Phi) is 2.91. The summed E-state index contributed by atoms with van der Waals surface area (Å²) in [5.74, 6) is -0.112. The number of carbonyl (C=O) groups is 1. The first-order valence-corrected chi connectivity index (χ1v) is 4.91. The fourth-order valence-electron chi connectivity index (χ4n) is 1.40. The number of fused-ring (bicyclic) bond motifs is 1. The van der Waals surface area contributed by atoms with Gasteiger partial charge in [0, 0.05) is 22.9 Å². The minimum absolute atomic E-state index is 0.112.